The fourth-order valence-electron chi connectivity index (χ4n) is 4.65. The standard InChI is InChI=1S/C28H36N4O6/c1-7-37-27(34)25-22(12-15-31(5)6)29-19(3)23(24(25)20-9-8-10-21(17-20)32(35)36)26(33)38-16-14-28(4)13-11-18(2)30-28/h8-11,13,17,24,29H,7,12,14-16H2,1-6H3. The van der Waals surface area contributed by atoms with Crippen LogP contribution in [-0.2, 0) is 19.1 Å². The van der Waals surface area contributed by atoms with Crippen LogP contribution in [0.15, 0.2) is 64.0 Å². The van der Waals surface area contributed by atoms with Crippen molar-refractivity contribution in [3.8, 4) is 0 Å². The Labute approximate surface area is 223 Å². The van der Waals surface area contributed by atoms with E-state index >= 15 is 0 Å². The number of rotatable bonds is 11. The van der Waals surface area contributed by atoms with E-state index in [4.69, 9.17) is 9.47 Å². The molecule has 0 fully saturated rings. The van der Waals surface area contributed by atoms with Gasteiger partial charge in [-0.15, -0.1) is 0 Å². The molecule has 2 aliphatic heterocycles. The zero-order valence-corrected chi connectivity index (χ0v) is 22.9. The third kappa shape index (κ3) is 6.74. The molecule has 2 unspecified atom stereocenters. The number of non-ortho nitro benzene ring substituents is 1. The topological polar surface area (TPSA) is 123 Å². The van der Waals surface area contributed by atoms with Crippen LogP contribution in [0.1, 0.15) is 52.0 Å². The number of nitro benzene ring substituents is 1. The van der Waals surface area contributed by atoms with E-state index in [1.165, 1.54) is 12.1 Å². The summed E-state index contributed by atoms with van der Waals surface area (Å²) >= 11 is 0. The van der Waals surface area contributed by atoms with Crippen molar-refractivity contribution < 1.29 is 24.0 Å². The zero-order valence-electron chi connectivity index (χ0n) is 22.9. The maximum atomic E-state index is 13.6. The molecule has 3 rings (SSSR count). The number of nitro groups is 1. The maximum Gasteiger partial charge on any atom is 0.336 e. The van der Waals surface area contributed by atoms with Crippen molar-refractivity contribution in [3.05, 3.63) is 74.6 Å². The highest BCUT2D eigenvalue weighted by Crippen LogP contribution is 2.41. The molecule has 0 aliphatic carbocycles. The number of hydrogen-bond acceptors (Lipinski definition) is 9. The van der Waals surface area contributed by atoms with E-state index in [0.29, 0.717) is 36.3 Å². The molecular formula is C28H36N4O6. The molecule has 0 spiro atoms. The molecule has 0 saturated heterocycles. The largest absolute Gasteiger partial charge is 0.463 e. The van der Waals surface area contributed by atoms with Crippen LogP contribution in [0, 0.1) is 10.1 Å². The zero-order chi connectivity index (χ0) is 28.0. The molecule has 1 aromatic rings. The first-order chi connectivity index (χ1) is 18.0. The summed E-state index contributed by atoms with van der Waals surface area (Å²) in [4.78, 5) is 44.5. The van der Waals surface area contributed by atoms with Crippen LogP contribution in [0.4, 0.5) is 5.69 Å². The Morgan fingerprint density at radius 2 is 1.89 bits per heavy atom. The minimum atomic E-state index is -0.901. The summed E-state index contributed by atoms with van der Waals surface area (Å²) in [6.07, 6.45) is 4.88. The lowest BCUT2D eigenvalue weighted by atomic mass is 9.79. The van der Waals surface area contributed by atoms with Gasteiger partial charge in [0.15, 0.2) is 0 Å². The smallest absolute Gasteiger partial charge is 0.336 e. The number of esters is 2. The van der Waals surface area contributed by atoms with Crippen LogP contribution < -0.4 is 5.32 Å². The van der Waals surface area contributed by atoms with Gasteiger partial charge < -0.3 is 19.7 Å². The third-order valence-corrected chi connectivity index (χ3v) is 6.54. The Morgan fingerprint density at radius 3 is 2.50 bits per heavy atom. The average molecular weight is 525 g/mol. The highest BCUT2D eigenvalue weighted by Gasteiger charge is 2.39. The minimum Gasteiger partial charge on any atom is -0.463 e. The van der Waals surface area contributed by atoms with Crippen molar-refractivity contribution >= 4 is 23.3 Å². The summed E-state index contributed by atoms with van der Waals surface area (Å²) in [5, 5.41) is 14.8. The molecule has 0 aromatic heterocycles. The number of ether oxygens (including phenoxy) is 2. The number of dihydropyridines is 1. The summed E-state index contributed by atoms with van der Waals surface area (Å²) < 4.78 is 11.1. The number of allylic oxidation sites excluding steroid dienone is 2. The van der Waals surface area contributed by atoms with Gasteiger partial charge in [0, 0.05) is 48.6 Å². The fourth-order valence-corrected chi connectivity index (χ4v) is 4.65. The highest BCUT2D eigenvalue weighted by molar-refractivity contribution is 6.00. The first-order valence-corrected chi connectivity index (χ1v) is 12.7. The minimum absolute atomic E-state index is 0.112. The lowest BCUT2D eigenvalue weighted by Gasteiger charge is -2.32. The van der Waals surface area contributed by atoms with Gasteiger partial charge in [-0.2, -0.15) is 0 Å². The van der Waals surface area contributed by atoms with Gasteiger partial charge in [-0.25, -0.2) is 9.59 Å². The molecule has 2 atom stereocenters. The Morgan fingerprint density at radius 1 is 1.18 bits per heavy atom. The molecule has 10 nitrogen and oxygen atoms in total. The van der Waals surface area contributed by atoms with Crippen LogP contribution in [0.25, 0.3) is 0 Å². The molecule has 2 aliphatic rings. The van der Waals surface area contributed by atoms with Crippen LogP contribution in [0.2, 0.25) is 0 Å². The molecule has 0 saturated carbocycles. The van der Waals surface area contributed by atoms with Crippen molar-refractivity contribution in [1.29, 1.82) is 0 Å². The number of hydrogen-bond donors (Lipinski definition) is 1. The second-order valence-electron chi connectivity index (χ2n) is 9.94. The van der Waals surface area contributed by atoms with E-state index in [9.17, 15) is 19.7 Å². The molecule has 1 aromatic carbocycles. The van der Waals surface area contributed by atoms with E-state index in [0.717, 1.165) is 5.71 Å². The third-order valence-electron chi connectivity index (χ3n) is 6.54. The second kappa shape index (κ2) is 12.2. The molecule has 1 N–H and O–H groups in total. The monoisotopic (exact) mass is 524 g/mol. The van der Waals surface area contributed by atoms with Crippen LogP contribution in [-0.4, -0.2) is 66.9 Å². The van der Waals surface area contributed by atoms with Crippen molar-refractivity contribution in [2.24, 2.45) is 4.99 Å². The van der Waals surface area contributed by atoms with E-state index in [1.807, 2.05) is 45.0 Å². The van der Waals surface area contributed by atoms with E-state index in [-0.39, 0.29) is 30.0 Å². The lowest BCUT2D eigenvalue weighted by Crippen LogP contribution is -2.34. The molecule has 0 bridgehead atoms. The summed E-state index contributed by atoms with van der Waals surface area (Å²) in [6.45, 7) is 8.20. The van der Waals surface area contributed by atoms with Crippen LogP contribution in [0.3, 0.4) is 0 Å². The first-order valence-electron chi connectivity index (χ1n) is 12.7. The molecule has 10 heteroatoms. The van der Waals surface area contributed by atoms with E-state index < -0.39 is 28.3 Å². The van der Waals surface area contributed by atoms with Gasteiger partial charge in [-0.05, 0) is 53.4 Å². The lowest BCUT2D eigenvalue weighted by molar-refractivity contribution is -0.384. The number of carbonyl (C=O) groups excluding carboxylic acids is 2. The predicted octanol–water partition coefficient (Wildman–Crippen LogP) is 4.05. The number of aliphatic imine (C=N–C) groups is 1. The Kier molecular flexibility index (Phi) is 9.22. The number of nitrogens with one attached hydrogen (secondary N) is 1. The SMILES string of the molecule is CCOC(=O)C1=C(CCN(C)C)NC(C)=C(C(=O)OCCC2(C)C=CC(C)=N2)C1c1cccc([N+](=O)[O-])c1. The molecule has 204 valence electrons. The predicted molar refractivity (Wildman–Crippen MR) is 145 cm³/mol. The van der Waals surface area contributed by atoms with Gasteiger partial charge in [0.05, 0.1) is 40.7 Å². The quantitative estimate of drug-likeness (QED) is 0.261. The fraction of sp³-hybridized carbons (Fsp3) is 0.464. The summed E-state index contributed by atoms with van der Waals surface area (Å²) in [5.41, 5.74) is 2.35. The Hall–Kier alpha value is -3.79. The maximum absolute atomic E-state index is 13.6. The van der Waals surface area contributed by atoms with E-state index in [2.05, 4.69) is 10.3 Å². The molecule has 0 radical (unpaired) electrons. The van der Waals surface area contributed by atoms with Gasteiger partial charge >= 0.3 is 11.9 Å². The second-order valence-corrected chi connectivity index (χ2v) is 9.94. The van der Waals surface area contributed by atoms with Crippen LogP contribution in [0.5, 0.6) is 0 Å². The van der Waals surface area contributed by atoms with Gasteiger partial charge in [0.2, 0.25) is 0 Å². The van der Waals surface area contributed by atoms with Crippen molar-refractivity contribution in [3.63, 3.8) is 0 Å². The molecule has 38 heavy (non-hydrogen) atoms. The number of benzene rings is 1. The van der Waals surface area contributed by atoms with Crippen molar-refractivity contribution in [1.82, 2.24) is 10.2 Å². The van der Waals surface area contributed by atoms with E-state index in [1.54, 1.807) is 26.0 Å². The molecular weight excluding hydrogens is 488 g/mol. The van der Waals surface area contributed by atoms with Gasteiger partial charge in [-0.1, -0.05) is 18.2 Å². The summed E-state index contributed by atoms with van der Waals surface area (Å²) in [6, 6.07) is 5.98. The summed E-state index contributed by atoms with van der Waals surface area (Å²) in [5.74, 6) is -2.09. The van der Waals surface area contributed by atoms with Gasteiger partial charge in [-0.3, -0.25) is 15.1 Å². The summed E-state index contributed by atoms with van der Waals surface area (Å²) in [7, 11) is 3.84. The molecule has 0 amide bonds. The molecule has 2 heterocycles. The van der Waals surface area contributed by atoms with Crippen LogP contribution >= 0.6 is 0 Å². The normalized spacial score (nSPS) is 20.9. The first kappa shape index (κ1) is 28.8. The van der Waals surface area contributed by atoms with Gasteiger partial charge in [0.25, 0.3) is 5.69 Å². The Bertz CT molecular complexity index is 1230. The highest BCUT2D eigenvalue weighted by atomic mass is 16.6. The average Bonchev–Trinajstić information content (AvgIpc) is 3.20. The number of carbonyl (C=O) groups is 2. The number of nitrogens with zero attached hydrogens (tertiary/aromatic N) is 3. The van der Waals surface area contributed by atoms with Crippen molar-refractivity contribution in [2.45, 2.75) is 52.0 Å². The Balaban J connectivity index is 2.03. The van der Waals surface area contributed by atoms with Gasteiger partial charge in [0.1, 0.15) is 0 Å². The van der Waals surface area contributed by atoms with Crippen molar-refractivity contribution in [2.75, 3.05) is 33.9 Å².